The average molecular weight is 500 g/mol. The number of esters is 1. The Kier molecular flexibility index (Phi) is 7.88. The summed E-state index contributed by atoms with van der Waals surface area (Å²) in [5.41, 5.74) is 1.22. The monoisotopic (exact) mass is 499 g/mol. The van der Waals surface area contributed by atoms with Crippen molar-refractivity contribution in [3.05, 3.63) is 71.6 Å². The van der Waals surface area contributed by atoms with Gasteiger partial charge in [0.1, 0.15) is 9.96 Å². The molecular formula is C23H21N3O6S2. The van der Waals surface area contributed by atoms with Crippen molar-refractivity contribution in [1.82, 2.24) is 0 Å². The fourth-order valence-electron chi connectivity index (χ4n) is 2.77. The van der Waals surface area contributed by atoms with Gasteiger partial charge >= 0.3 is 5.97 Å². The minimum atomic E-state index is -3.65. The van der Waals surface area contributed by atoms with Gasteiger partial charge in [-0.3, -0.25) is 9.10 Å². The van der Waals surface area contributed by atoms with Gasteiger partial charge in [0.25, 0.3) is 15.9 Å². The smallest absolute Gasteiger partial charge is 0.344 e. The summed E-state index contributed by atoms with van der Waals surface area (Å²) in [7, 11) is -2.20. The van der Waals surface area contributed by atoms with E-state index in [2.05, 4.69) is 5.32 Å². The van der Waals surface area contributed by atoms with Gasteiger partial charge in [0.2, 0.25) is 0 Å². The number of carbonyl (C=O) groups excluding carboxylic acids is 2. The lowest BCUT2D eigenvalue weighted by Gasteiger charge is -2.18. The summed E-state index contributed by atoms with van der Waals surface area (Å²) >= 11 is 1.13. The van der Waals surface area contributed by atoms with Gasteiger partial charge in [-0.15, -0.1) is 11.3 Å². The van der Waals surface area contributed by atoms with Crippen LogP contribution in [0.3, 0.4) is 0 Å². The molecule has 0 spiro atoms. The molecular weight excluding hydrogens is 478 g/mol. The van der Waals surface area contributed by atoms with Crippen LogP contribution in [-0.4, -0.2) is 40.1 Å². The second-order valence-electron chi connectivity index (χ2n) is 7.00. The standard InChI is InChI=1S/C23H21N3O6S2/c1-16(23(28)25-18-6-3-5-17(13-18)14-24)32-21(27)15-31-20-10-8-19(9-11-20)26(2)34(29,30)22-7-4-12-33-22/h3-13,16H,15H2,1-2H3,(H,25,28). The van der Waals surface area contributed by atoms with Gasteiger partial charge in [-0.2, -0.15) is 5.26 Å². The van der Waals surface area contributed by atoms with E-state index < -0.39 is 34.6 Å². The van der Waals surface area contributed by atoms with Crippen LogP contribution in [-0.2, 0) is 24.3 Å². The van der Waals surface area contributed by atoms with Gasteiger partial charge in [0, 0.05) is 12.7 Å². The highest BCUT2D eigenvalue weighted by Crippen LogP contribution is 2.26. The van der Waals surface area contributed by atoms with Crippen LogP contribution in [0, 0.1) is 11.3 Å². The molecule has 1 aromatic heterocycles. The Morgan fingerprint density at radius 1 is 1.15 bits per heavy atom. The molecule has 0 saturated heterocycles. The maximum atomic E-state index is 12.6. The SMILES string of the molecule is CC(OC(=O)COc1ccc(N(C)S(=O)(=O)c2cccs2)cc1)C(=O)Nc1cccc(C#N)c1. The molecule has 3 rings (SSSR count). The molecule has 0 radical (unpaired) electrons. The summed E-state index contributed by atoms with van der Waals surface area (Å²) in [5, 5.41) is 13.2. The van der Waals surface area contributed by atoms with E-state index in [-0.39, 0.29) is 4.21 Å². The van der Waals surface area contributed by atoms with Crippen molar-refractivity contribution in [2.75, 3.05) is 23.3 Å². The number of benzene rings is 2. The molecule has 2 aromatic carbocycles. The molecule has 0 bridgehead atoms. The van der Waals surface area contributed by atoms with Crippen LogP contribution in [0.2, 0.25) is 0 Å². The molecule has 34 heavy (non-hydrogen) atoms. The molecule has 176 valence electrons. The lowest BCUT2D eigenvalue weighted by molar-refractivity contribution is -0.155. The van der Waals surface area contributed by atoms with E-state index in [1.165, 1.54) is 38.2 Å². The number of amides is 1. The molecule has 1 heterocycles. The van der Waals surface area contributed by atoms with Crippen molar-refractivity contribution in [1.29, 1.82) is 5.26 Å². The highest BCUT2D eigenvalue weighted by Gasteiger charge is 2.22. The maximum absolute atomic E-state index is 12.6. The first kappa shape index (κ1) is 24.8. The summed E-state index contributed by atoms with van der Waals surface area (Å²) in [5.74, 6) is -0.981. The Morgan fingerprint density at radius 2 is 1.88 bits per heavy atom. The zero-order valence-electron chi connectivity index (χ0n) is 18.3. The number of hydrogen-bond acceptors (Lipinski definition) is 8. The zero-order chi connectivity index (χ0) is 24.7. The van der Waals surface area contributed by atoms with Crippen LogP contribution in [0.25, 0.3) is 0 Å². The van der Waals surface area contributed by atoms with Crippen LogP contribution >= 0.6 is 11.3 Å². The predicted molar refractivity (Wildman–Crippen MR) is 127 cm³/mol. The van der Waals surface area contributed by atoms with Gasteiger partial charge in [-0.25, -0.2) is 13.2 Å². The molecule has 1 unspecified atom stereocenters. The van der Waals surface area contributed by atoms with Crippen molar-refractivity contribution in [3.63, 3.8) is 0 Å². The second kappa shape index (κ2) is 10.8. The zero-order valence-corrected chi connectivity index (χ0v) is 19.9. The van der Waals surface area contributed by atoms with Gasteiger partial charge in [0.15, 0.2) is 12.7 Å². The summed E-state index contributed by atoms with van der Waals surface area (Å²) < 4.78 is 37.0. The van der Waals surface area contributed by atoms with E-state index in [0.29, 0.717) is 22.7 Å². The predicted octanol–water partition coefficient (Wildman–Crippen LogP) is 3.39. The topological polar surface area (TPSA) is 126 Å². The van der Waals surface area contributed by atoms with Gasteiger partial charge in [-0.1, -0.05) is 12.1 Å². The summed E-state index contributed by atoms with van der Waals surface area (Å²) in [4.78, 5) is 24.3. The fourth-order valence-corrected chi connectivity index (χ4v) is 5.13. The van der Waals surface area contributed by atoms with Crippen LogP contribution in [0.15, 0.2) is 70.3 Å². The number of rotatable bonds is 9. The fraction of sp³-hybridized carbons (Fsp3) is 0.174. The Balaban J connectivity index is 1.50. The highest BCUT2D eigenvalue weighted by atomic mass is 32.2. The molecule has 9 nitrogen and oxygen atoms in total. The maximum Gasteiger partial charge on any atom is 0.344 e. The molecule has 3 aromatic rings. The quantitative estimate of drug-likeness (QED) is 0.447. The highest BCUT2D eigenvalue weighted by molar-refractivity contribution is 7.94. The summed E-state index contributed by atoms with van der Waals surface area (Å²) in [6.07, 6.45) is -1.08. The number of thiophene rings is 1. The van der Waals surface area contributed by atoms with E-state index in [1.54, 1.807) is 41.8 Å². The lowest BCUT2D eigenvalue weighted by atomic mass is 10.2. The third kappa shape index (κ3) is 6.12. The molecule has 1 N–H and O–H groups in total. The molecule has 11 heteroatoms. The normalized spacial score (nSPS) is 11.7. The molecule has 1 amide bonds. The molecule has 1 atom stereocenters. The van der Waals surface area contributed by atoms with E-state index in [4.69, 9.17) is 14.7 Å². The number of anilines is 2. The number of carbonyl (C=O) groups is 2. The van der Waals surface area contributed by atoms with Crippen LogP contribution in [0.4, 0.5) is 11.4 Å². The van der Waals surface area contributed by atoms with Crippen molar-refractivity contribution in [2.24, 2.45) is 0 Å². The van der Waals surface area contributed by atoms with E-state index >= 15 is 0 Å². The van der Waals surface area contributed by atoms with Crippen LogP contribution in [0.1, 0.15) is 12.5 Å². The number of nitrogens with zero attached hydrogens (tertiary/aromatic N) is 2. The molecule has 0 fully saturated rings. The summed E-state index contributed by atoms with van der Waals surface area (Å²) in [6, 6.07) is 17.7. The van der Waals surface area contributed by atoms with Crippen molar-refractivity contribution in [2.45, 2.75) is 17.2 Å². The van der Waals surface area contributed by atoms with Crippen molar-refractivity contribution in [3.8, 4) is 11.8 Å². The third-order valence-corrected chi connectivity index (χ3v) is 7.76. The van der Waals surface area contributed by atoms with Crippen molar-refractivity contribution < 1.29 is 27.5 Å². The van der Waals surface area contributed by atoms with E-state index in [9.17, 15) is 18.0 Å². The first-order valence-corrected chi connectivity index (χ1v) is 12.3. The average Bonchev–Trinajstić information content (AvgIpc) is 3.39. The second-order valence-corrected chi connectivity index (χ2v) is 10.1. The number of nitriles is 1. The Labute approximate surface area is 201 Å². The van der Waals surface area contributed by atoms with Crippen LogP contribution in [0.5, 0.6) is 5.75 Å². The Hall–Kier alpha value is -3.88. The Morgan fingerprint density at radius 3 is 2.53 bits per heavy atom. The van der Waals surface area contributed by atoms with Crippen LogP contribution < -0.4 is 14.4 Å². The number of hydrogen-bond donors (Lipinski definition) is 1. The van der Waals surface area contributed by atoms with Crippen molar-refractivity contribution >= 4 is 44.6 Å². The van der Waals surface area contributed by atoms with Gasteiger partial charge in [0.05, 0.1) is 17.3 Å². The minimum Gasteiger partial charge on any atom is -0.482 e. The van der Waals surface area contributed by atoms with E-state index in [0.717, 1.165) is 15.6 Å². The number of nitrogens with one attached hydrogen (secondary N) is 1. The third-order valence-electron chi connectivity index (χ3n) is 4.60. The first-order chi connectivity index (χ1) is 16.2. The minimum absolute atomic E-state index is 0.231. The number of sulfonamides is 1. The van der Waals surface area contributed by atoms with Gasteiger partial charge < -0.3 is 14.8 Å². The summed E-state index contributed by atoms with van der Waals surface area (Å²) in [6.45, 7) is 0.976. The molecule has 0 aliphatic carbocycles. The largest absolute Gasteiger partial charge is 0.482 e. The van der Waals surface area contributed by atoms with E-state index in [1.807, 2.05) is 6.07 Å². The lowest BCUT2D eigenvalue weighted by Crippen LogP contribution is -2.31. The molecule has 0 aliphatic heterocycles. The van der Waals surface area contributed by atoms with Gasteiger partial charge in [-0.05, 0) is 60.8 Å². The molecule has 0 saturated carbocycles. The Bertz CT molecular complexity index is 1300. The molecule has 0 aliphatic rings. The number of ether oxygens (including phenoxy) is 2. The first-order valence-electron chi connectivity index (χ1n) is 9.96.